The third-order valence-corrected chi connectivity index (χ3v) is 2.36. The van der Waals surface area contributed by atoms with Gasteiger partial charge in [0.15, 0.2) is 14.8 Å². The van der Waals surface area contributed by atoms with Crippen molar-refractivity contribution < 1.29 is 24.6 Å². The van der Waals surface area contributed by atoms with Gasteiger partial charge in [-0.3, -0.25) is 50.6 Å². The second kappa shape index (κ2) is 5.33. The molecule has 0 aromatic rings. The number of hydrogen-bond acceptors (Lipinski definition) is 10. The van der Waals surface area contributed by atoms with Gasteiger partial charge in [-0.2, -0.15) is 0 Å². The molecule has 0 saturated carbocycles. The Bertz CT molecular complexity index is 436. The molecule has 1 radical (unpaired) electrons. The van der Waals surface area contributed by atoms with Gasteiger partial charge in [-0.05, 0) is 0 Å². The summed E-state index contributed by atoms with van der Waals surface area (Å²) in [5.74, 6) is -4.09. The van der Waals surface area contributed by atoms with Crippen LogP contribution in [0.5, 0.6) is 0 Å². The Morgan fingerprint density at radius 1 is 0.750 bits per heavy atom. The molecule has 0 atom stereocenters. The fraction of sp³-hybridized carbons (Fsp3) is 0.800. The van der Waals surface area contributed by atoms with Gasteiger partial charge in [0.2, 0.25) is 6.42 Å². The maximum Gasteiger partial charge on any atom is 0.704 e. The summed E-state index contributed by atoms with van der Waals surface area (Å²) < 4.78 is 0. The van der Waals surface area contributed by atoms with Crippen LogP contribution in [0.25, 0.3) is 0 Å². The molecule has 0 saturated heterocycles. The first-order valence-electron chi connectivity index (χ1n) is 4.49. The Kier molecular flexibility index (Phi) is 4.53. The van der Waals surface area contributed by atoms with Gasteiger partial charge in [0.1, 0.15) is 6.42 Å². The molecule has 0 spiro atoms. The van der Waals surface area contributed by atoms with Crippen LogP contribution in [-0.4, -0.2) is 36.1 Å². The van der Waals surface area contributed by atoms with E-state index in [0.29, 0.717) is 6.92 Å². The summed E-state index contributed by atoms with van der Waals surface area (Å²) in [5.41, 5.74) is -3.06. The highest BCUT2D eigenvalue weighted by Crippen LogP contribution is 2.25. The van der Waals surface area contributed by atoms with E-state index < -0.39 is 42.5 Å². The van der Waals surface area contributed by atoms with Crippen LogP contribution in [0.2, 0.25) is 0 Å². The highest BCUT2D eigenvalue weighted by molar-refractivity contribution is 4.81. The summed E-state index contributed by atoms with van der Waals surface area (Å²) in [7, 11) is 0. The standard InChI is InChI=1S/C5H6N5O10/c1-4(6(11)12,7(13)14)2-3-5(8(15)16,9(17)18)10(19)20/h3H,2H2,1H3. The molecule has 0 bridgehead atoms. The van der Waals surface area contributed by atoms with Crippen molar-refractivity contribution >= 4 is 0 Å². The van der Waals surface area contributed by atoms with E-state index in [-0.39, 0.29) is 6.42 Å². The SMILES string of the molecule is CC(C[CH]C([N+](=O)[O-])([N+](=O)[O-])[N+](=O)[O-])([N+](=O)[O-])[N+](=O)[O-]. The fourth-order valence-electron chi connectivity index (χ4n) is 0.970. The topological polar surface area (TPSA) is 216 Å². The second-order valence-electron chi connectivity index (χ2n) is 3.60. The smallest absolute Gasteiger partial charge is 0.258 e. The van der Waals surface area contributed by atoms with Gasteiger partial charge >= 0.3 is 11.4 Å². The lowest BCUT2D eigenvalue weighted by Gasteiger charge is -2.13. The monoisotopic (exact) mass is 296 g/mol. The summed E-state index contributed by atoms with van der Waals surface area (Å²) in [5, 5.41) is 52.6. The normalized spacial score (nSPS) is 11.7. The minimum Gasteiger partial charge on any atom is -0.258 e. The highest BCUT2D eigenvalue weighted by Gasteiger charge is 2.73. The first-order chi connectivity index (χ1) is 8.92. The van der Waals surface area contributed by atoms with E-state index in [1.807, 2.05) is 0 Å². The summed E-state index contributed by atoms with van der Waals surface area (Å²) in [4.78, 5) is 43.9. The molecule has 0 aromatic carbocycles. The van der Waals surface area contributed by atoms with Crippen molar-refractivity contribution in [1.82, 2.24) is 0 Å². The molecule has 0 amide bonds. The molecule has 111 valence electrons. The van der Waals surface area contributed by atoms with E-state index in [1.54, 1.807) is 0 Å². The molecule has 20 heavy (non-hydrogen) atoms. The number of nitrogens with zero attached hydrogens (tertiary/aromatic N) is 5. The van der Waals surface area contributed by atoms with E-state index in [0.717, 1.165) is 0 Å². The molecular formula is C5H6N5O10. The predicted molar refractivity (Wildman–Crippen MR) is 55.0 cm³/mol. The molecule has 0 aliphatic heterocycles. The van der Waals surface area contributed by atoms with Crippen molar-refractivity contribution in [3.8, 4) is 0 Å². The number of rotatable bonds is 8. The minimum atomic E-state index is -4.09. The molecule has 0 fully saturated rings. The predicted octanol–water partition coefficient (Wildman–Crippen LogP) is -0.666. The van der Waals surface area contributed by atoms with Crippen LogP contribution < -0.4 is 0 Å². The molecule has 0 heterocycles. The average Bonchev–Trinajstić information content (AvgIpc) is 2.27. The summed E-state index contributed by atoms with van der Waals surface area (Å²) >= 11 is 0. The Labute approximate surface area is 107 Å². The van der Waals surface area contributed by atoms with Gasteiger partial charge in [0.05, 0.1) is 16.8 Å². The lowest BCUT2D eigenvalue weighted by molar-refractivity contribution is -0.960. The molecule has 0 rings (SSSR count). The number of nitro groups is 5. The molecule has 0 unspecified atom stereocenters. The average molecular weight is 296 g/mol. The van der Waals surface area contributed by atoms with Gasteiger partial charge in [-0.1, -0.05) is 0 Å². The molecule has 0 aliphatic carbocycles. The quantitative estimate of drug-likeness (QED) is 0.312. The fourth-order valence-corrected chi connectivity index (χ4v) is 0.970. The van der Waals surface area contributed by atoms with E-state index in [2.05, 4.69) is 0 Å². The maximum atomic E-state index is 10.5. The second-order valence-corrected chi connectivity index (χ2v) is 3.60. The third-order valence-electron chi connectivity index (χ3n) is 2.36. The molecule has 15 heteroatoms. The molecule has 0 N–H and O–H groups in total. The maximum absolute atomic E-state index is 10.5. The minimum absolute atomic E-state index is 0.279. The van der Waals surface area contributed by atoms with Crippen molar-refractivity contribution in [3.63, 3.8) is 0 Å². The lowest BCUT2D eigenvalue weighted by atomic mass is 10.0. The summed E-state index contributed by atoms with van der Waals surface area (Å²) in [6.07, 6.45) is -1.77. The van der Waals surface area contributed by atoms with Crippen LogP contribution in [0.1, 0.15) is 13.3 Å². The van der Waals surface area contributed by atoms with E-state index in [1.165, 1.54) is 0 Å². The van der Waals surface area contributed by atoms with Crippen LogP contribution >= 0.6 is 0 Å². The van der Waals surface area contributed by atoms with Gasteiger partial charge < -0.3 is 0 Å². The first-order valence-corrected chi connectivity index (χ1v) is 4.49. The number of hydrogen-bond donors (Lipinski definition) is 0. The van der Waals surface area contributed by atoms with E-state index in [4.69, 9.17) is 0 Å². The van der Waals surface area contributed by atoms with Crippen LogP contribution in [0.15, 0.2) is 0 Å². The molecule has 0 aromatic heterocycles. The van der Waals surface area contributed by atoms with Crippen molar-refractivity contribution in [2.75, 3.05) is 0 Å². The Hall–Kier alpha value is -3.00. The van der Waals surface area contributed by atoms with E-state index in [9.17, 15) is 50.6 Å². The Morgan fingerprint density at radius 2 is 1.05 bits per heavy atom. The molecule has 15 nitrogen and oxygen atoms in total. The van der Waals surface area contributed by atoms with Crippen molar-refractivity contribution in [2.24, 2.45) is 0 Å². The van der Waals surface area contributed by atoms with Crippen LogP contribution in [0.4, 0.5) is 0 Å². The zero-order chi connectivity index (χ0) is 16.3. The summed E-state index contributed by atoms with van der Waals surface area (Å²) in [6.45, 7) is 0.411. The zero-order valence-corrected chi connectivity index (χ0v) is 9.60. The Morgan fingerprint density at radius 3 is 1.25 bits per heavy atom. The van der Waals surface area contributed by atoms with Gasteiger partial charge in [-0.15, -0.1) is 0 Å². The van der Waals surface area contributed by atoms with Crippen LogP contribution in [0.3, 0.4) is 0 Å². The van der Waals surface area contributed by atoms with Crippen molar-refractivity contribution in [3.05, 3.63) is 57.0 Å². The van der Waals surface area contributed by atoms with Gasteiger partial charge in [0, 0.05) is 0 Å². The highest BCUT2D eigenvalue weighted by atomic mass is 16.7. The van der Waals surface area contributed by atoms with E-state index >= 15 is 0 Å². The largest absolute Gasteiger partial charge is 0.704 e. The van der Waals surface area contributed by atoms with Crippen LogP contribution in [0, 0.1) is 57.0 Å². The van der Waals surface area contributed by atoms with Gasteiger partial charge in [-0.25, -0.2) is 0 Å². The lowest BCUT2D eigenvalue weighted by Crippen LogP contribution is -2.56. The first kappa shape index (κ1) is 17.0. The molecule has 0 aliphatic rings. The third kappa shape index (κ3) is 2.54. The Balaban J connectivity index is 5.59. The van der Waals surface area contributed by atoms with Crippen molar-refractivity contribution in [1.29, 1.82) is 0 Å². The van der Waals surface area contributed by atoms with Crippen molar-refractivity contribution in [2.45, 2.75) is 24.8 Å². The van der Waals surface area contributed by atoms with Gasteiger partial charge in [0.25, 0.3) is 0 Å². The van der Waals surface area contributed by atoms with Crippen LogP contribution in [-0.2, 0) is 0 Å². The molecular weight excluding hydrogens is 290 g/mol. The summed E-state index contributed by atoms with van der Waals surface area (Å²) in [6, 6.07) is 0. The zero-order valence-electron chi connectivity index (χ0n) is 9.60.